The van der Waals surface area contributed by atoms with Crippen LogP contribution in [0, 0.1) is 6.92 Å². The third-order valence-corrected chi connectivity index (χ3v) is 3.43. The highest BCUT2D eigenvalue weighted by atomic mass is 16.5. The Labute approximate surface area is 126 Å². The fraction of sp³-hybridized carbons (Fsp3) is 0.316. The van der Waals surface area contributed by atoms with Gasteiger partial charge >= 0.3 is 5.97 Å². The van der Waals surface area contributed by atoms with Crippen LogP contribution in [-0.4, -0.2) is 12.6 Å². The SMILES string of the molecule is Cc1ccc(CC(=O)OCCCCc2ccccc2)cc1. The number of carbonyl (C=O) groups excluding carboxylic acids is 1. The molecule has 0 saturated carbocycles. The summed E-state index contributed by atoms with van der Waals surface area (Å²) in [5.74, 6) is -0.140. The van der Waals surface area contributed by atoms with Crippen LogP contribution in [0.2, 0.25) is 0 Å². The van der Waals surface area contributed by atoms with E-state index in [2.05, 4.69) is 24.3 Å². The van der Waals surface area contributed by atoms with Crippen LogP contribution in [0.25, 0.3) is 0 Å². The third-order valence-electron chi connectivity index (χ3n) is 3.43. The van der Waals surface area contributed by atoms with E-state index in [0.717, 1.165) is 24.8 Å². The lowest BCUT2D eigenvalue weighted by Gasteiger charge is -2.05. The molecule has 0 radical (unpaired) electrons. The summed E-state index contributed by atoms with van der Waals surface area (Å²) in [5.41, 5.74) is 3.55. The minimum absolute atomic E-state index is 0.140. The summed E-state index contributed by atoms with van der Waals surface area (Å²) in [6.45, 7) is 2.55. The van der Waals surface area contributed by atoms with Crippen LogP contribution in [-0.2, 0) is 22.4 Å². The Morgan fingerprint density at radius 3 is 2.33 bits per heavy atom. The summed E-state index contributed by atoms with van der Waals surface area (Å²) in [6, 6.07) is 18.4. The quantitative estimate of drug-likeness (QED) is 0.564. The molecule has 2 aromatic rings. The average molecular weight is 282 g/mol. The molecule has 21 heavy (non-hydrogen) atoms. The molecule has 110 valence electrons. The van der Waals surface area contributed by atoms with Crippen molar-refractivity contribution < 1.29 is 9.53 Å². The molecule has 0 atom stereocenters. The molecule has 2 nitrogen and oxygen atoms in total. The van der Waals surface area contributed by atoms with Gasteiger partial charge in [-0.1, -0.05) is 60.2 Å². The average Bonchev–Trinajstić information content (AvgIpc) is 2.50. The maximum Gasteiger partial charge on any atom is 0.310 e. The first-order valence-electron chi connectivity index (χ1n) is 7.49. The van der Waals surface area contributed by atoms with Crippen molar-refractivity contribution in [2.75, 3.05) is 6.61 Å². The number of unbranched alkanes of at least 4 members (excludes halogenated alkanes) is 1. The molecule has 0 amide bonds. The van der Waals surface area contributed by atoms with Gasteiger partial charge in [0.05, 0.1) is 13.0 Å². The Morgan fingerprint density at radius 2 is 1.62 bits per heavy atom. The van der Waals surface area contributed by atoms with Gasteiger partial charge in [-0.25, -0.2) is 0 Å². The van der Waals surface area contributed by atoms with Crippen molar-refractivity contribution in [3.05, 3.63) is 71.3 Å². The number of hydrogen-bond donors (Lipinski definition) is 0. The summed E-state index contributed by atoms with van der Waals surface area (Å²) in [6.07, 6.45) is 3.35. The highest BCUT2D eigenvalue weighted by Gasteiger charge is 2.04. The van der Waals surface area contributed by atoms with E-state index in [1.807, 2.05) is 37.3 Å². The summed E-state index contributed by atoms with van der Waals surface area (Å²) >= 11 is 0. The van der Waals surface area contributed by atoms with E-state index in [1.165, 1.54) is 11.1 Å². The highest BCUT2D eigenvalue weighted by molar-refractivity contribution is 5.72. The molecular formula is C19H22O2. The first-order chi connectivity index (χ1) is 10.2. The summed E-state index contributed by atoms with van der Waals surface area (Å²) in [4.78, 5) is 11.7. The predicted octanol–water partition coefficient (Wildman–Crippen LogP) is 4.10. The van der Waals surface area contributed by atoms with Crippen LogP contribution in [0.4, 0.5) is 0 Å². The van der Waals surface area contributed by atoms with Crippen LogP contribution >= 0.6 is 0 Å². The van der Waals surface area contributed by atoms with Gasteiger partial charge in [0, 0.05) is 0 Å². The molecule has 0 N–H and O–H groups in total. The summed E-state index contributed by atoms with van der Waals surface area (Å²) in [7, 11) is 0. The molecule has 0 aromatic heterocycles. The molecule has 2 rings (SSSR count). The van der Waals surface area contributed by atoms with E-state index in [-0.39, 0.29) is 5.97 Å². The minimum atomic E-state index is -0.140. The maximum absolute atomic E-state index is 11.7. The van der Waals surface area contributed by atoms with Crippen molar-refractivity contribution in [1.29, 1.82) is 0 Å². The minimum Gasteiger partial charge on any atom is -0.465 e. The Kier molecular flexibility index (Phi) is 6.01. The molecule has 0 aliphatic rings. The van der Waals surface area contributed by atoms with Gasteiger partial charge in [0.15, 0.2) is 0 Å². The lowest BCUT2D eigenvalue weighted by atomic mass is 10.1. The lowest BCUT2D eigenvalue weighted by Crippen LogP contribution is -2.09. The molecule has 0 saturated heterocycles. The third kappa shape index (κ3) is 5.82. The van der Waals surface area contributed by atoms with Crippen LogP contribution in [0.15, 0.2) is 54.6 Å². The molecule has 0 fully saturated rings. The fourth-order valence-electron chi connectivity index (χ4n) is 2.19. The van der Waals surface area contributed by atoms with Crippen LogP contribution < -0.4 is 0 Å². The van der Waals surface area contributed by atoms with Crippen molar-refractivity contribution in [2.24, 2.45) is 0 Å². The van der Waals surface area contributed by atoms with Gasteiger partial charge in [-0.15, -0.1) is 0 Å². The molecule has 0 spiro atoms. The number of rotatable bonds is 7. The number of carbonyl (C=O) groups is 1. The number of benzene rings is 2. The molecule has 2 aromatic carbocycles. The summed E-state index contributed by atoms with van der Waals surface area (Å²) in [5, 5.41) is 0. The van der Waals surface area contributed by atoms with Crippen molar-refractivity contribution in [2.45, 2.75) is 32.6 Å². The second-order valence-electron chi connectivity index (χ2n) is 5.33. The monoisotopic (exact) mass is 282 g/mol. The van der Waals surface area contributed by atoms with E-state index in [0.29, 0.717) is 13.0 Å². The molecule has 0 aliphatic carbocycles. The molecule has 0 bridgehead atoms. The zero-order valence-electron chi connectivity index (χ0n) is 12.5. The van der Waals surface area contributed by atoms with Gasteiger partial charge in [-0.05, 0) is 37.3 Å². The van der Waals surface area contributed by atoms with Crippen LogP contribution in [0.1, 0.15) is 29.5 Å². The van der Waals surface area contributed by atoms with Gasteiger partial charge in [0.25, 0.3) is 0 Å². The van der Waals surface area contributed by atoms with Gasteiger partial charge in [-0.2, -0.15) is 0 Å². The van der Waals surface area contributed by atoms with E-state index >= 15 is 0 Å². The van der Waals surface area contributed by atoms with Gasteiger partial charge in [-0.3, -0.25) is 4.79 Å². The Balaban J connectivity index is 1.60. The maximum atomic E-state index is 11.7. The van der Waals surface area contributed by atoms with Crippen molar-refractivity contribution in [1.82, 2.24) is 0 Å². The van der Waals surface area contributed by atoms with Crippen LogP contribution in [0.5, 0.6) is 0 Å². The van der Waals surface area contributed by atoms with E-state index < -0.39 is 0 Å². The standard InChI is InChI=1S/C19H22O2/c1-16-10-12-18(13-11-16)15-19(20)21-14-6-5-9-17-7-3-2-4-8-17/h2-4,7-8,10-13H,5-6,9,14-15H2,1H3. The zero-order chi connectivity index (χ0) is 14.9. The van der Waals surface area contributed by atoms with E-state index in [1.54, 1.807) is 0 Å². The first-order valence-corrected chi connectivity index (χ1v) is 7.49. The molecule has 0 aliphatic heterocycles. The van der Waals surface area contributed by atoms with Crippen molar-refractivity contribution >= 4 is 5.97 Å². The molecule has 2 heteroatoms. The number of aryl methyl sites for hydroxylation is 2. The van der Waals surface area contributed by atoms with Gasteiger partial charge < -0.3 is 4.74 Å². The second-order valence-corrected chi connectivity index (χ2v) is 5.33. The Hall–Kier alpha value is -2.09. The topological polar surface area (TPSA) is 26.3 Å². The summed E-state index contributed by atoms with van der Waals surface area (Å²) < 4.78 is 5.28. The normalized spacial score (nSPS) is 10.3. The van der Waals surface area contributed by atoms with Crippen molar-refractivity contribution in [3.63, 3.8) is 0 Å². The molecular weight excluding hydrogens is 260 g/mol. The number of esters is 1. The Bertz CT molecular complexity index is 544. The Morgan fingerprint density at radius 1 is 0.905 bits per heavy atom. The van der Waals surface area contributed by atoms with Crippen molar-refractivity contribution in [3.8, 4) is 0 Å². The second kappa shape index (κ2) is 8.25. The predicted molar refractivity (Wildman–Crippen MR) is 85.2 cm³/mol. The molecule has 0 unspecified atom stereocenters. The number of ether oxygens (including phenoxy) is 1. The zero-order valence-corrected chi connectivity index (χ0v) is 12.5. The van der Waals surface area contributed by atoms with Crippen LogP contribution in [0.3, 0.4) is 0 Å². The smallest absolute Gasteiger partial charge is 0.310 e. The largest absolute Gasteiger partial charge is 0.465 e. The highest BCUT2D eigenvalue weighted by Crippen LogP contribution is 2.06. The van der Waals surface area contributed by atoms with E-state index in [4.69, 9.17) is 4.74 Å². The van der Waals surface area contributed by atoms with E-state index in [9.17, 15) is 4.79 Å². The molecule has 0 heterocycles. The van der Waals surface area contributed by atoms with Gasteiger partial charge in [0.2, 0.25) is 0 Å². The first kappa shape index (κ1) is 15.3. The number of hydrogen-bond acceptors (Lipinski definition) is 2. The van der Waals surface area contributed by atoms with Gasteiger partial charge in [0.1, 0.15) is 0 Å². The fourth-order valence-corrected chi connectivity index (χ4v) is 2.19. The lowest BCUT2D eigenvalue weighted by molar-refractivity contribution is -0.142.